The van der Waals surface area contributed by atoms with E-state index < -0.39 is 0 Å². The molecule has 0 atom stereocenters. The van der Waals surface area contributed by atoms with Gasteiger partial charge in [-0.25, -0.2) is 0 Å². The topological polar surface area (TPSA) is 4.93 Å². The zero-order chi connectivity index (χ0) is 13.5. The molecule has 4 rings (SSSR count). The maximum atomic E-state index is 3.51. The van der Waals surface area contributed by atoms with Crippen molar-refractivity contribution in [3.05, 3.63) is 70.3 Å². The standard InChI is InChI=1S/C18H14BrN/c19-13-9-11-14(12-10-13)20-17-7-3-1-5-15(17)16-6-2-4-8-18(16)20/h1,3-5,7-12H,2,6H2. The Kier molecular flexibility index (Phi) is 2.78. The Morgan fingerprint density at radius 1 is 0.950 bits per heavy atom. The molecule has 98 valence electrons. The van der Waals surface area contributed by atoms with Crippen LogP contribution in [0.25, 0.3) is 22.7 Å². The quantitative estimate of drug-likeness (QED) is 0.568. The van der Waals surface area contributed by atoms with E-state index in [4.69, 9.17) is 0 Å². The molecule has 0 unspecified atom stereocenters. The van der Waals surface area contributed by atoms with Crippen LogP contribution in [0.5, 0.6) is 0 Å². The van der Waals surface area contributed by atoms with Crippen molar-refractivity contribution in [1.82, 2.24) is 4.57 Å². The Labute approximate surface area is 126 Å². The molecule has 0 N–H and O–H groups in total. The average Bonchev–Trinajstić information content (AvgIpc) is 2.83. The first-order chi connectivity index (χ1) is 9.84. The lowest BCUT2D eigenvalue weighted by Gasteiger charge is -2.12. The van der Waals surface area contributed by atoms with Crippen molar-refractivity contribution in [2.45, 2.75) is 12.8 Å². The van der Waals surface area contributed by atoms with E-state index in [9.17, 15) is 0 Å². The normalized spacial score (nSPS) is 13.7. The number of hydrogen-bond acceptors (Lipinski definition) is 0. The lowest BCUT2D eigenvalue weighted by Crippen LogP contribution is -1.99. The average molecular weight is 324 g/mol. The SMILES string of the molecule is Brc1ccc(-n2c3c(c4ccccc42)CCC=C3)cc1. The molecule has 0 fully saturated rings. The van der Waals surface area contributed by atoms with Crippen molar-refractivity contribution in [3.8, 4) is 5.69 Å². The van der Waals surface area contributed by atoms with E-state index in [0.717, 1.165) is 17.3 Å². The fourth-order valence-electron chi connectivity index (χ4n) is 3.06. The highest BCUT2D eigenvalue weighted by molar-refractivity contribution is 9.10. The minimum Gasteiger partial charge on any atom is -0.310 e. The Bertz CT molecular complexity index is 809. The molecule has 1 aromatic heterocycles. The van der Waals surface area contributed by atoms with Gasteiger partial charge in [-0.3, -0.25) is 0 Å². The predicted octanol–water partition coefficient (Wildman–Crippen LogP) is 5.35. The lowest BCUT2D eigenvalue weighted by atomic mass is 10.0. The molecule has 3 aromatic rings. The first-order valence-electron chi connectivity index (χ1n) is 6.89. The van der Waals surface area contributed by atoms with Gasteiger partial charge in [0.05, 0.1) is 5.52 Å². The zero-order valence-electron chi connectivity index (χ0n) is 11.0. The van der Waals surface area contributed by atoms with Gasteiger partial charge in [0, 0.05) is 21.2 Å². The number of aryl methyl sites for hydroxylation is 1. The first-order valence-corrected chi connectivity index (χ1v) is 7.69. The Morgan fingerprint density at radius 2 is 1.75 bits per heavy atom. The van der Waals surface area contributed by atoms with Gasteiger partial charge in [-0.05, 0) is 54.8 Å². The van der Waals surface area contributed by atoms with Crippen molar-refractivity contribution < 1.29 is 0 Å². The fourth-order valence-corrected chi connectivity index (χ4v) is 3.32. The van der Waals surface area contributed by atoms with Crippen LogP contribution in [-0.4, -0.2) is 4.57 Å². The van der Waals surface area contributed by atoms with Gasteiger partial charge >= 0.3 is 0 Å². The molecule has 1 heterocycles. The molecule has 20 heavy (non-hydrogen) atoms. The number of halogens is 1. The molecule has 2 heteroatoms. The highest BCUT2D eigenvalue weighted by Gasteiger charge is 2.17. The molecular formula is C18H14BrN. The maximum Gasteiger partial charge on any atom is 0.0537 e. The molecule has 0 saturated heterocycles. The monoisotopic (exact) mass is 323 g/mol. The number of allylic oxidation sites excluding steroid dienone is 1. The Hall–Kier alpha value is -1.80. The number of nitrogens with zero attached hydrogens (tertiary/aromatic N) is 1. The third kappa shape index (κ3) is 1.75. The molecule has 0 saturated carbocycles. The summed E-state index contributed by atoms with van der Waals surface area (Å²) in [7, 11) is 0. The van der Waals surface area contributed by atoms with Gasteiger partial charge in [-0.1, -0.05) is 40.2 Å². The highest BCUT2D eigenvalue weighted by Crippen LogP contribution is 2.33. The smallest absolute Gasteiger partial charge is 0.0537 e. The number of aromatic nitrogens is 1. The van der Waals surface area contributed by atoms with Crippen LogP contribution in [0.2, 0.25) is 0 Å². The molecule has 1 aliphatic carbocycles. The number of para-hydroxylation sites is 1. The lowest BCUT2D eigenvalue weighted by molar-refractivity contribution is 0.967. The van der Waals surface area contributed by atoms with Crippen LogP contribution < -0.4 is 0 Å². The summed E-state index contributed by atoms with van der Waals surface area (Å²) in [6.45, 7) is 0. The predicted molar refractivity (Wildman–Crippen MR) is 88.3 cm³/mol. The van der Waals surface area contributed by atoms with Gasteiger partial charge in [-0.2, -0.15) is 0 Å². The van der Waals surface area contributed by atoms with E-state index in [0.29, 0.717) is 0 Å². The summed E-state index contributed by atoms with van der Waals surface area (Å²) in [6.07, 6.45) is 6.81. The molecule has 1 aliphatic rings. The molecule has 1 nitrogen and oxygen atoms in total. The Balaban J connectivity index is 2.08. The summed E-state index contributed by atoms with van der Waals surface area (Å²) >= 11 is 3.51. The van der Waals surface area contributed by atoms with Crippen molar-refractivity contribution in [2.24, 2.45) is 0 Å². The molecule has 2 aromatic carbocycles. The van der Waals surface area contributed by atoms with Gasteiger partial charge in [0.25, 0.3) is 0 Å². The van der Waals surface area contributed by atoms with E-state index >= 15 is 0 Å². The minimum atomic E-state index is 1.11. The van der Waals surface area contributed by atoms with E-state index in [1.54, 1.807) is 0 Å². The summed E-state index contributed by atoms with van der Waals surface area (Å²) in [6, 6.07) is 17.2. The highest BCUT2D eigenvalue weighted by atomic mass is 79.9. The van der Waals surface area contributed by atoms with Gasteiger partial charge in [-0.15, -0.1) is 0 Å². The third-order valence-electron chi connectivity index (χ3n) is 3.94. The van der Waals surface area contributed by atoms with Gasteiger partial charge in [0.1, 0.15) is 0 Å². The summed E-state index contributed by atoms with van der Waals surface area (Å²) < 4.78 is 3.48. The Morgan fingerprint density at radius 3 is 2.60 bits per heavy atom. The van der Waals surface area contributed by atoms with Crippen LogP contribution in [0, 0.1) is 0 Å². The number of rotatable bonds is 1. The van der Waals surface area contributed by atoms with E-state index in [1.165, 1.54) is 27.8 Å². The third-order valence-corrected chi connectivity index (χ3v) is 4.47. The second-order valence-corrected chi connectivity index (χ2v) is 6.05. The number of hydrogen-bond donors (Lipinski definition) is 0. The molecule has 0 amide bonds. The van der Waals surface area contributed by atoms with Gasteiger partial charge in [0.2, 0.25) is 0 Å². The van der Waals surface area contributed by atoms with Crippen LogP contribution in [0.3, 0.4) is 0 Å². The van der Waals surface area contributed by atoms with Crippen molar-refractivity contribution in [3.63, 3.8) is 0 Å². The van der Waals surface area contributed by atoms with E-state index in [1.807, 2.05) is 0 Å². The van der Waals surface area contributed by atoms with Crippen LogP contribution in [0.1, 0.15) is 17.7 Å². The van der Waals surface area contributed by atoms with Gasteiger partial charge in [0.15, 0.2) is 0 Å². The summed E-state index contributed by atoms with van der Waals surface area (Å²) in [4.78, 5) is 0. The molecule has 0 radical (unpaired) electrons. The van der Waals surface area contributed by atoms with Gasteiger partial charge < -0.3 is 4.57 Å². The van der Waals surface area contributed by atoms with E-state index in [-0.39, 0.29) is 0 Å². The van der Waals surface area contributed by atoms with Crippen LogP contribution in [0.4, 0.5) is 0 Å². The van der Waals surface area contributed by atoms with Crippen molar-refractivity contribution in [2.75, 3.05) is 0 Å². The maximum absolute atomic E-state index is 3.51. The largest absolute Gasteiger partial charge is 0.310 e. The zero-order valence-corrected chi connectivity index (χ0v) is 12.6. The first kappa shape index (κ1) is 12.0. The number of fused-ring (bicyclic) bond motifs is 3. The fraction of sp³-hybridized carbons (Fsp3) is 0.111. The van der Waals surface area contributed by atoms with Crippen molar-refractivity contribution in [1.29, 1.82) is 0 Å². The van der Waals surface area contributed by atoms with Crippen LogP contribution in [-0.2, 0) is 6.42 Å². The van der Waals surface area contributed by atoms with Crippen LogP contribution >= 0.6 is 15.9 Å². The summed E-state index contributed by atoms with van der Waals surface area (Å²) in [5, 5.41) is 1.38. The minimum absolute atomic E-state index is 1.11. The second-order valence-electron chi connectivity index (χ2n) is 5.13. The van der Waals surface area contributed by atoms with E-state index in [2.05, 4.69) is 81.2 Å². The van der Waals surface area contributed by atoms with Crippen LogP contribution in [0.15, 0.2) is 59.1 Å². The number of benzene rings is 2. The summed E-state index contributed by atoms with van der Waals surface area (Å²) in [5.74, 6) is 0. The molecule has 0 aliphatic heterocycles. The molecule has 0 bridgehead atoms. The second kappa shape index (κ2) is 4.64. The van der Waals surface area contributed by atoms with Crippen molar-refractivity contribution >= 4 is 32.9 Å². The molecular weight excluding hydrogens is 310 g/mol. The summed E-state index contributed by atoms with van der Waals surface area (Å²) in [5.41, 5.74) is 5.33. The molecule has 0 spiro atoms.